The van der Waals surface area contributed by atoms with E-state index in [2.05, 4.69) is 29.8 Å². The van der Waals surface area contributed by atoms with Crippen LogP contribution in [0.3, 0.4) is 0 Å². The molecule has 39 heavy (non-hydrogen) atoms. The van der Waals surface area contributed by atoms with E-state index in [0.717, 1.165) is 19.3 Å². The summed E-state index contributed by atoms with van der Waals surface area (Å²) in [6.45, 7) is 21.2. The first-order valence-corrected chi connectivity index (χ1v) is 14.5. The zero-order chi connectivity index (χ0) is 30.4. The molecule has 3 atom stereocenters. The van der Waals surface area contributed by atoms with Gasteiger partial charge >= 0.3 is 0 Å². The van der Waals surface area contributed by atoms with Gasteiger partial charge in [0.2, 0.25) is 17.7 Å². The molecule has 0 heterocycles. The summed E-state index contributed by atoms with van der Waals surface area (Å²) in [6, 6.07) is 0.0569. The Hall–Kier alpha value is -2.00. The van der Waals surface area contributed by atoms with Gasteiger partial charge in [-0.05, 0) is 67.2 Å². The van der Waals surface area contributed by atoms with Crippen LogP contribution in [-0.2, 0) is 28.7 Å². The molecule has 0 bridgehead atoms. The molecule has 3 amide bonds. The van der Waals surface area contributed by atoms with Crippen molar-refractivity contribution in [2.24, 2.45) is 10.8 Å². The molecule has 9 nitrogen and oxygen atoms in total. The average Bonchev–Trinajstić information content (AvgIpc) is 2.80. The molecule has 0 aromatic carbocycles. The van der Waals surface area contributed by atoms with E-state index in [0.29, 0.717) is 32.5 Å². The van der Waals surface area contributed by atoms with Crippen LogP contribution in [0, 0.1) is 10.8 Å². The molecule has 0 saturated carbocycles. The Balaban J connectivity index is 4.52. The number of ether oxygens (including phenoxy) is 2. The van der Waals surface area contributed by atoms with Crippen LogP contribution in [0.1, 0.15) is 115 Å². The van der Waals surface area contributed by atoms with Crippen LogP contribution in [0.4, 0.5) is 0 Å². The number of hydrogen-bond donors (Lipinski definition) is 3. The average molecular weight is 556 g/mol. The smallest absolute Gasteiger partial charge is 0.227 e. The molecule has 0 aliphatic heterocycles. The van der Waals surface area contributed by atoms with Gasteiger partial charge in [-0.2, -0.15) is 0 Å². The molecule has 0 aromatic rings. The number of amides is 3. The molecule has 0 fully saturated rings. The van der Waals surface area contributed by atoms with Crippen molar-refractivity contribution in [1.82, 2.24) is 16.0 Å². The first-order valence-electron chi connectivity index (χ1n) is 14.5. The molecule has 0 radical (unpaired) electrons. The summed E-state index contributed by atoms with van der Waals surface area (Å²) < 4.78 is 11.7. The first-order chi connectivity index (χ1) is 17.9. The Morgan fingerprint density at radius 1 is 0.769 bits per heavy atom. The Kier molecular flexibility index (Phi) is 16.1. The van der Waals surface area contributed by atoms with Gasteiger partial charge in [-0.3, -0.25) is 19.2 Å². The van der Waals surface area contributed by atoms with Crippen LogP contribution in [0.25, 0.3) is 0 Å². The normalized spacial score (nSPS) is 14.7. The Labute approximate surface area is 237 Å². The van der Waals surface area contributed by atoms with Gasteiger partial charge in [0.15, 0.2) is 0 Å². The van der Waals surface area contributed by atoms with E-state index < -0.39 is 16.4 Å². The van der Waals surface area contributed by atoms with Crippen LogP contribution in [0.15, 0.2) is 0 Å². The van der Waals surface area contributed by atoms with E-state index in [-0.39, 0.29) is 48.3 Å². The Morgan fingerprint density at radius 2 is 1.31 bits per heavy atom. The molecule has 0 aromatic heterocycles. The molecule has 0 spiro atoms. The molecule has 0 aliphatic carbocycles. The summed E-state index contributed by atoms with van der Waals surface area (Å²) in [5.74, 6) is -0.741. The van der Waals surface area contributed by atoms with Crippen LogP contribution in [-0.4, -0.2) is 67.1 Å². The van der Waals surface area contributed by atoms with Crippen molar-refractivity contribution in [3.05, 3.63) is 0 Å². The standard InChI is InChI=1S/C30H57N3O6/c1-12-13-23(4)38-18-16-21(2)32-25(35)15-14-24(5)39-19-17-28(6,7)33-27(37)30(10,11)29(8,9)26(36)31-20-22(3)34/h21,23-24H,12-20H2,1-11H3,(H,31,36)(H,32,35)(H,33,37). The minimum atomic E-state index is -1.04. The van der Waals surface area contributed by atoms with Crippen molar-refractivity contribution in [3.63, 3.8) is 0 Å². The van der Waals surface area contributed by atoms with E-state index in [1.807, 2.05) is 27.7 Å². The minimum absolute atomic E-state index is 0.00401. The second-order valence-electron chi connectivity index (χ2n) is 12.7. The van der Waals surface area contributed by atoms with Crippen molar-refractivity contribution in [3.8, 4) is 0 Å². The lowest BCUT2D eigenvalue weighted by Crippen LogP contribution is -2.57. The highest BCUT2D eigenvalue weighted by molar-refractivity contribution is 5.94. The van der Waals surface area contributed by atoms with Crippen LogP contribution in [0.5, 0.6) is 0 Å². The first kappa shape index (κ1) is 37.0. The van der Waals surface area contributed by atoms with E-state index in [4.69, 9.17) is 9.47 Å². The van der Waals surface area contributed by atoms with Gasteiger partial charge in [0, 0.05) is 31.2 Å². The molecule has 0 saturated heterocycles. The fourth-order valence-electron chi connectivity index (χ4n) is 3.81. The van der Waals surface area contributed by atoms with Crippen molar-refractivity contribution >= 4 is 23.5 Å². The third-order valence-electron chi connectivity index (χ3n) is 7.61. The predicted octanol–water partition coefficient (Wildman–Crippen LogP) is 4.31. The van der Waals surface area contributed by atoms with Crippen LogP contribution >= 0.6 is 0 Å². The monoisotopic (exact) mass is 555 g/mol. The zero-order valence-electron chi connectivity index (χ0n) is 26.5. The number of carbonyl (C=O) groups is 4. The Bertz CT molecular complexity index is 794. The molecular weight excluding hydrogens is 498 g/mol. The third-order valence-corrected chi connectivity index (χ3v) is 7.61. The van der Waals surface area contributed by atoms with Crippen LogP contribution in [0.2, 0.25) is 0 Å². The van der Waals surface area contributed by atoms with Crippen LogP contribution < -0.4 is 16.0 Å². The Morgan fingerprint density at radius 3 is 1.87 bits per heavy atom. The summed E-state index contributed by atoms with van der Waals surface area (Å²) in [5.41, 5.74) is -2.63. The molecule has 0 aliphatic rings. The maximum atomic E-state index is 13.2. The molecule has 228 valence electrons. The van der Waals surface area contributed by atoms with E-state index in [9.17, 15) is 19.2 Å². The highest BCUT2D eigenvalue weighted by atomic mass is 16.5. The quantitative estimate of drug-likeness (QED) is 0.206. The van der Waals surface area contributed by atoms with E-state index in [1.54, 1.807) is 27.7 Å². The minimum Gasteiger partial charge on any atom is -0.378 e. The van der Waals surface area contributed by atoms with Gasteiger partial charge in [-0.25, -0.2) is 0 Å². The SMILES string of the molecule is CCCC(C)OCCC(C)NC(=O)CCC(C)OCCC(C)(C)NC(=O)C(C)(C)C(C)(C)C(=O)NCC(C)=O. The summed E-state index contributed by atoms with van der Waals surface area (Å²) >= 11 is 0. The topological polar surface area (TPSA) is 123 Å². The fraction of sp³-hybridized carbons (Fsp3) is 0.867. The van der Waals surface area contributed by atoms with Gasteiger partial charge in [0.05, 0.1) is 29.6 Å². The lowest BCUT2D eigenvalue weighted by molar-refractivity contribution is -0.148. The predicted molar refractivity (Wildman–Crippen MR) is 155 cm³/mol. The highest BCUT2D eigenvalue weighted by Crippen LogP contribution is 2.39. The van der Waals surface area contributed by atoms with Gasteiger partial charge in [0.25, 0.3) is 0 Å². The number of carbonyl (C=O) groups excluding carboxylic acids is 4. The molecule has 0 rings (SSSR count). The lowest BCUT2D eigenvalue weighted by Gasteiger charge is -2.41. The number of rotatable bonds is 20. The van der Waals surface area contributed by atoms with Gasteiger partial charge in [-0.1, -0.05) is 41.0 Å². The van der Waals surface area contributed by atoms with Crippen molar-refractivity contribution in [2.45, 2.75) is 138 Å². The van der Waals surface area contributed by atoms with Gasteiger partial charge in [0.1, 0.15) is 5.78 Å². The van der Waals surface area contributed by atoms with Crippen molar-refractivity contribution < 1.29 is 28.7 Å². The van der Waals surface area contributed by atoms with Gasteiger partial charge < -0.3 is 25.4 Å². The molecule has 9 heteroatoms. The van der Waals surface area contributed by atoms with E-state index >= 15 is 0 Å². The summed E-state index contributed by atoms with van der Waals surface area (Å²) in [7, 11) is 0. The molecular formula is C30H57N3O6. The van der Waals surface area contributed by atoms with Crippen molar-refractivity contribution in [1.29, 1.82) is 0 Å². The number of Topliss-reactive ketones (excluding diaryl/α,β-unsaturated/α-hetero) is 1. The fourth-order valence-corrected chi connectivity index (χ4v) is 3.81. The third kappa shape index (κ3) is 14.3. The summed E-state index contributed by atoms with van der Waals surface area (Å²) in [6.07, 6.45) is 4.62. The largest absolute Gasteiger partial charge is 0.378 e. The van der Waals surface area contributed by atoms with Gasteiger partial charge in [-0.15, -0.1) is 0 Å². The molecule has 3 unspecified atom stereocenters. The molecule has 3 N–H and O–H groups in total. The summed E-state index contributed by atoms with van der Waals surface area (Å²) in [4.78, 5) is 49.5. The maximum absolute atomic E-state index is 13.2. The zero-order valence-corrected chi connectivity index (χ0v) is 26.5. The lowest BCUT2D eigenvalue weighted by atomic mass is 9.66. The maximum Gasteiger partial charge on any atom is 0.227 e. The second-order valence-corrected chi connectivity index (χ2v) is 12.7. The van der Waals surface area contributed by atoms with Crippen molar-refractivity contribution in [2.75, 3.05) is 19.8 Å². The second kappa shape index (κ2) is 17.0. The number of nitrogens with one attached hydrogen (secondary N) is 3. The van der Waals surface area contributed by atoms with E-state index in [1.165, 1.54) is 6.92 Å². The number of hydrogen-bond acceptors (Lipinski definition) is 6. The highest BCUT2D eigenvalue weighted by Gasteiger charge is 2.49. The number of ketones is 1. The summed E-state index contributed by atoms with van der Waals surface area (Å²) in [5, 5.41) is 8.70.